The van der Waals surface area contributed by atoms with E-state index in [-0.39, 0.29) is 11.3 Å². The van der Waals surface area contributed by atoms with Gasteiger partial charge in [0.2, 0.25) is 0 Å². The second kappa shape index (κ2) is 2.61. The first-order chi connectivity index (χ1) is 5.52. The molecule has 0 aliphatic rings. The normalized spacial score (nSPS) is 9.67. The molecular weight excluding hydrogens is 162 g/mol. The average Bonchev–Trinajstić information content (AvgIpc) is 1.99. The highest BCUT2D eigenvalue weighted by atomic mass is 16.4. The monoisotopic (exact) mass is 169 g/mol. The van der Waals surface area contributed by atoms with Crippen LogP contribution in [0.2, 0.25) is 0 Å². The fourth-order valence-corrected chi connectivity index (χ4v) is 0.746. The fraction of sp³-hybridized carbons (Fsp3) is 0. The van der Waals surface area contributed by atoms with Gasteiger partial charge in [0.15, 0.2) is 0 Å². The maximum Gasteiger partial charge on any atom is 0.335 e. The molecule has 0 radical (unpaired) electrons. The fourth-order valence-electron chi connectivity index (χ4n) is 0.746. The van der Waals surface area contributed by atoms with Crippen LogP contribution in [0.1, 0.15) is 10.4 Å². The van der Waals surface area contributed by atoms with Crippen molar-refractivity contribution >= 4 is 11.7 Å². The van der Waals surface area contributed by atoms with E-state index < -0.39 is 17.5 Å². The van der Waals surface area contributed by atoms with Gasteiger partial charge in [0.05, 0.1) is 5.56 Å². The topological polar surface area (TPSA) is 104 Å². The average molecular weight is 169 g/mol. The molecule has 0 bridgehead atoms. The maximum absolute atomic E-state index is 10.4. The van der Waals surface area contributed by atoms with Crippen molar-refractivity contribution in [1.82, 2.24) is 0 Å². The third-order valence-corrected chi connectivity index (χ3v) is 1.38. The van der Waals surface area contributed by atoms with Gasteiger partial charge in [-0.05, 0) is 12.1 Å². The van der Waals surface area contributed by atoms with Crippen molar-refractivity contribution in [1.29, 1.82) is 0 Å². The predicted molar refractivity (Wildman–Crippen MR) is 41.1 cm³/mol. The lowest BCUT2D eigenvalue weighted by Crippen LogP contribution is -1.97. The van der Waals surface area contributed by atoms with E-state index in [1.807, 2.05) is 0 Å². The quantitative estimate of drug-likeness (QED) is 0.359. The second-order valence-electron chi connectivity index (χ2n) is 2.23. The zero-order valence-electron chi connectivity index (χ0n) is 5.98. The number of rotatable bonds is 1. The molecule has 5 nitrogen and oxygen atoms in total. The number of aromatic hydroxyl groups is 2. The number of phenolic OH excluding ortho intramolecular Hbond substituents is 2. The van der Waals surface area contributed by atoms with Gasteiger partial charge in [-0.25, -0.2) is 4.79 Å². The number of nitrogen functional groups attached to an aromatic ring is 1. The summed E-state index contributed by atoms with van der Waals surface area (Å²) in [5.74, 6) is -2.11. The van der Waals surface area contributed by atoms with Gasteiger partial charge < -0.3 is 21.1 Å². The van der Waals surface area contributed by atoms with Gasteiger partial charge in [-0.1, -0.05) is 0 Å². The Morgan fingerprint density at radius 3 is 2.00 bits per heavy atom. The number of phenols is 2. The summed E-state index contributed by atoms with van der Waals surface area (Å²) in [6, 6.07) is 1.94. The standard InChI is InChI=1S/C7H7NO4/c8-6-4(9)1-3(7(11)12)2-5(6)10/h1-2,9-10H,8H2,(H,11,12). The zero-order valence-corrected chi connectivity index (χ0v) is 5.98. The predicted octanol–water partition coefficient (Wildman–Crippen LogP) is 0.378. The van der Waals surface area contributed by atoms with Crippen molar-refractivity contribution in [2.24, 2.45) is 0 Å². The summed E-state index contributed by atoms with van der Waals surface area (Å²) in [5, 5.41) is 26.4. The number of carbonyl (C=O) groups is 1. The number of aromatic carboxylic acids is 1. The lowest BCUT2D eigenvalue weighted by Gasteiger charge is -2.02. The smallest absolute Gasteiger partial charge is 0.335 e. The Hall–Kier alpha value is -1.91. The lowest BCUT2D eigenvalue weighted by molar-refractivity contribution is 0.0696. The van der Waals surface area contributed by atoms with Crippen LogP contribution in [0.3, 0.4) is 0 Å². The van der Waals surface area contributed by atoms with E-state index in [1.54, 1.807) is 0 Å². The van der Waals surface area contributed by atoms with E-state index >= 15 is 0 Å². The molecule has 0 amide bonds. The third kappa shape index (κ3) is 1.24. The van der Waals surface area contributed by atoms with Crippen LogP contribution in [0, 0.1) is 0 Å². The molecule has 0 saturated heterocycles. The minimum atomic E-state index is -1.24. The molecule has 0 fully saturated rings. The molecule has 5 N–H and O–H groups in total. The molecule has 0 unspecified atom stereocenters. The number of carboxylic acids is 1. The van der Waals surface area contributed by atoms with Crippen LogP contribution < -0.4 is 5.73 Å². The van der Waals surface area contributed by atoms with Gasteiger partial charge in [-0.15, -0.1) is 0 Å². The largest absolute Gasteiger partial charge is 0.506 e. The molecule has 1 rings (SSSR count). The highest BCUT2D eigenvalue weighted by molar-refractivity contribution is 5.90. The summed E-state index contributed by atoms with van der Waals surface area (Å²) >= 11 is 0. The van der Waals surface area contributed by atoms with E-state index in [1.165, 1.54) is 0 Å². The first-order valence-electron chi connectivity index (χ1n) is 3.07. The molecule has 64 valence electrons. The van der Waals surface area contributed by atoms with Gasteiger partial charge >= 0.3 is 5.97 Å². The molecule has 0 aromatic heterocycles. The van der Waals surface area contributed by atoms with Gasteiger partial charge in [-0.3, -0.25) is 0 Å². The Balaban J connectivity index is 3.31. The summed E-state index contributed by atoms with van der Waals surface area (Å²) in [5.41, 5.74) is 4.73. The van der Waals surface area contributed by atoms with Gasteiger partial charge in [-0.2, -0.15) is 0 Å². The van der Waals surface area contributed by atoms with E-state index in [0.717, 1.165) is 12.1 Å². The Morgan fingerprint density at radius 1 is 1.25 bits per heavy atom. The minimum Gasteiger partial charge on any atom is -0.506 e. The summed E-state index contributed by atoms with van der Waals surface area (Å²) < 4.78 is 0. The van der Waals surface area contributed by atoms with Gasteiger partial charge in [0, 0.05) is 0 Å². The van der Waals surface area contributed by atoms with Crippen LogP contribution in [-0.4, -0.2) is 21.3 Å². The Bertz CT molecular complexity index is 311. The van der Waals surface area contributed by atoms with Crippen molar-refractivity contribution in [2.75, 3.05) is 5.73 Å². The first-order valence-corrected chi connectivity index (χ1v) is 3.07. The Kier molecular flexibility index (Phi) is 1.78. The van der Waals surface area contributed by atoms with Crippen molar-refractivity contribution in [3.05, 3.63) is 17.7 Å². The van der Waals surface area contributed by atoms with Crippen LogP contribution in [0.15, 0.2) is 12.1 Å². The molecule has 0 atom stereocenters. The summed E-state index contributed by atoms with van der Waals surface area (Å²) in [4.78, 5) is 10.4. The van der Waals surface area contributed by atoms with Crippen molar-refractivity contribution < 1.29 is 20.1 Å². The van der Waals surface area contributed by atoms with E-state index in [0.29, 0.717) is 0 Å². The molecular formula is C7H7NO4. The molecule has 0 aliphatic carbocycles. The Morgan fingerprint density at radius 2 is 1.67 bits per heavy atom. The first kappa shape index (κ1) is 8.19. The molecule has 0 spiro atoms. The van der Waals surface area contributed by atoms with E-state index in [9.17, 15) is 4.79 Å². The molecule has 12 heavy (non-hydrogen) atoms. The van der Waals surface area contributed by atoms with E-state index in [4.69, 9.17) is 21.1 Å². The third-order valence-electron chi connectivity index (χ3n) is 1.38. The summed E-state index contributed by atoms with van der Waals surface area (Å²) in [6.07, 6.45) is 0. The second-order valence-corrected chi connectivity index (χ2v) is 2.23. The number of nitrogens with two attached hydrogens (primary N) is 1. The molecule has 0 heterocycles. The molecule has 0 saturated carbocycles. The highest BCUT2D eigenvalue weighted by Crippen LogP contribution is 2.30. The summed E-state index contributed by atoms with van der Waals surface area (Å²) in [7, 11) is 0. The van der Waals surface area contributed by atoms with Crippen molar-refractivity contribution in [3.63, 3.8) is 0 Å². The zero-order chi connectivity index (χ0) is 9.30. The van der Waals surface area contributed by atoms with Crippen LogP contribution in [0.5, 0.6) is 11.5 Å². The molecule has 5 heteroatoms. The number of carboxylic acid groups (broad SMARTS) is 1. The summed E-state index contributed by atoms with van der Waals surface area (Å²) in [6.45, 7) is 0. The molecule has 1 aromatic carbocycles. The van der Waals surface area contributed by atoms with Gasteiger partial charge in [0.25, 0.3) is 0 Å². The number of hydrogen-bond donors (Lipinski definition) is 4. The highest BCUT2D eigenvalue weighted by Gasteiger charge is 2.10. The van der Waals surface area contributed by atoms with Crippen molar-refractivity contribution in [3.8, 4) is 11.5 Å². The molecule has 1 aromatic rings. The number of hydrogen-bond acceptors (Lipinski definition) is 4. The van der Waals surface area contributed by atoms with Crippen LogP contribution >= 0.6 is 0 Å². The van der Waals surface area contributed by atoms with Gasteiger partial charge in [0.1, 0.15) is 17.2 Å². The van der Waals surface area contributed by atoms with Crippen LogP contribution in [-0.2, 0) is 0 Å². The van der Waals surface area contributed by atoms with Crippen LogP contribution in [0.4, 0.5) is 5.69 Å². The minimum absolute atomic E-state index is 0.209. The lowest BCUT2D eigenvalue weighted by atomic mass is 10.2. The number of benzene rings is 1. The van der Waals surface area contributed by atoms with E-state index in [2.05, 4.69) is 0 Å². The number of anilines is 1. The Labute approximate surface area is 67.7 Å². The SMILES string of the molecule is Nc1c(O)cc(C(=O)O)cc1O. The van der Waals surface area contributed by atoms with Crippen molar-refractivity contribution in [2.45, 2.75) is 0 Å². The molecule has 0 aliphatic heterocycles. The van der Waals surface area contributed by atoms with Crippen LogP contribution in [0.25, 0.3) is 0 Å². The maximum atomic E-state index is 10.4.